The Labute approximate surface area is 120 Å². The lowest BCUT2D eigenvalue weighted by Crippen LogP contribution is -2.11. The fourth-order valence-corrected chi connectivity index (χ4v) is 3.09. The van der Waals surface area contributed by atoms with E-state index in [0.717, 1.165) is 19.4 Å². The first kappa shape index (κ1) is 13.4. The maximum atomic E-state index is 5.77. The number of nitrogens with two attached hydrogens (primary N) is 1. The smallest absolute Gasteiger partial charge is 0.0718 e. The van der Waals surface area contributed by atoms with Crippen molar-refractivity contribution in [2.24, 2.45) is 5.73 Å². The summed E-state index contributed by atoms with van der Waals surface area (Å²) < 4.78 is 2.21. The van der Waals surface area contributed by atoms with Gasteiger partial charge in [0.25, 0.3) is 0 Å². The average Bonchev–Trinajstić information content (AvgIpc) is 2.80. The third kappa shape index (κ3) is 2.27. The molecular formula is C17H23N3. The van der Waals surface area contributed by atoms with Gasteiger partial charge in [0.1, 0.15) is 0 Å². The maximum Gasteiger partial charge on any atom is 0.0718 e. The molecule has 3 nitrogen and oxygen atoms in total. The van der Waals surface area contributed by atoms with Gasteiger partial charge in [0.05, 0.1) is 5.69 Å². The Morgan fingerprint density at radius 1 is 1.20 bits per heavy atom. The molecule has 2 N–H and O–H groups in total. The van der Waals surface area contributed by atoms with Crippen molar-refractivity contribution >= 4 is 0 Å². The molecule has 0 saturated heterocycles. The first-order chi connectivity index (χ1) is 9.70. The van der Waals surface area contributed by atoms with Crippen LogP contribution in [0.2, 0.25) is 0 Å². The van der Waals surface area contributed by atoms with Crippen molar-refractivity contribution in [2.45, 2.75) is 46.1 Å². The maximum absolute atomic E-state index is 5.77. The lowest BCUT2D eigenvalue weighted by atomic mass is 9.95. The molecule has 1 aromatic heterocycles. The highest BCUT2D eigenvalue weighted by Crippen LogP contribution is 2.32. The summed E-state index contributed by atoms with van der Waals surface area (Å²) >= 11 is 0. The zero-order valence-corrected chi connectivity index (χ0v) is 12.4. The van der Waals surface area contributed by atoms with E-state index in [4.69, 9.17) is 10.8 Å². The Kier molecular flexibility index (Phi) is 3.62. The lowest BCUT2D eigenvalue weighted by molar-refractivity contribution is 0.484. The molecular weight excluding hydrogens is 246 g/mol. The Morgan fingerprint density at radius 2 is 2.05 bits per heavy atom. The van der Waals surface area contributed by atoms with Gasteiger partial charge in [0.15, 0.2) is 0 Å². The van der Waals surface area contributed by atoms with Crippen LogP contribution in [0.3, 0.4) is 0 Å². The van der Waals surface area contributed by atoms with Crippen molar-refractivity contribution < 1.29 is 0 Å². The molecule has 0 amide bonds. The largest absolute Gasteiger partial charge is 0.330 e. The minimum atomic E-state index is 0.661. The standard InChI is InChI=1S/C17H23N3/c1-12-6-7-14(11-13(12)2)17-15(8-9-18)19-20-10-4-3-5-16(17)20/h6-7,11H,3-5,8-10,18H2,1-2H3. The minimum Gasteiger partial charge on any atom is -0.330 e. The van der Waals surface area contributed by atoms with Gasteiger partial charge >= 0.3 is 0 Å². The molecule has 0 fully saturated rings. The van der Waals surface area contributed by atoms with Crippen LogP contribution in [0.4, 0.5) is 0 Å². The first-order valence-corrected chi connectivity index (χ1v) is 7.57. The topological polar surface area (TPSA) is 43.8 Å². The molecule has 3 heteroatoms. The number of nitrogens with zero attached hydrogens (tertiary/aromatic N) is 2. The molecule has 20 heavy (non-hydrogen) atoms. The van der Waals surface area contributed by atoms with E-state index in [1.165, 1.54) is 46.5 Å². The van der Waals surface area contributed by atoms with E-state index in [1.54, 1.807) is 0 Å². The highest BCUT2D eigenvalue weighted by Gasteiger charge is 2.21. The average molecular weight is 269 g/mol. The second-order valence-corrected chi connectivity index (χ2v) is 5.79. The molecule has 106 valence electrons. The third-order valence-corrected chi connectivity index (χ3v) is 4.34. The Hall–Kier alpha value is -1.61. The number of aromatic nitrogens is 2. The fourth-order valence-electron chi connectivity index (χ4n) is 3.09. The van der Waals surface area contributed by atoms with Crippen molar-refractivity contribution in [3.05, 3.63) is 40.7 Å². The van der Waals surface area contributed by atoms with Crippen LogP contribution in [0.1, 0.15) is 35.4 Å². The van der Waals surface area contributed by atoms with Gasteiger partial charge in [-0.05, 0) is 56.3 Å². The van der Waals surface area contributed by atoms with Crippen molar-refractivity contribution in [2.75, 3.05) is 6.54 Å². The van der Waals surface area contributed by atoms with Gasteiger partial charge in [-0.1, -0.05) is 18.2 Å². The van der Waals surface area contributed by atoms with Crippen LogP contribution in [0.15, 0.2) is 18.2 Å². The second-order valence-electron chi connectivity index (χ2n) is 5.79. The van der Waals surface area contributed by atoms with Crippen LogP contribution in [-0.4, -0.2) is 16.3 Å². The van der Waals surface area contributed by atoms with Crippen molar-refractivity contribution in [1.29, 1.82) is 0 Å². The highest BCUT2D eigenvalue weighted by atomic mass is 15.3. The highest BCUT2D eigenvalue weighted by molar-refractivity contribution is 5.70. The van der Waals surface area contributed by atoms with E-state index < -0.39 is 0 Å². The van der Waals surface area contributed by atoms with Crippen molar-refractivity contribution in [3.8, 4) is 11.1 Å². The number of rotatable bonds is 3. The third-order valence-electron chi connectivity index (χ3n) is 4.34. The van der Waals surface area contributed by atoms with Gasteiger partial charge < -0.3 is 5.73 Å². The number of benzene rings is 1. The SMILES string of the molecule is Cc1ccc(-c2c(CCN)nn3c2CCCC3)cc1C. The van der Waals surface area contributed by atoms with Crippen LogP contribution in [0, 0.1) is 13.8 Å². The van der Waals surface area contributed by atoms with E-state index >= 15 is 0 Å². The minimum absolute atomic E-state index is 0.661. The van der Waals surface area contributed by atoms with Gasteiger partial charge in [0.2, 0.25) is 0 Å². The van der Waals surface area contributed by atoms with E-state index in [9.17, 15) is 0 Å². The number of hydrogen-bond acceptors (Lipinski definition) is 2. The molecule has 1 aliphatic rings. The molecule has 1 aliphatic heterocycles. The second kappa shape index (κ2) is 5.41. The predicted octanol–water partition coefficient (Wildman–Crippen LogP) is 3.00. The van der Waals surface area contributed by atoms with Gasteiger partial charge in [-0.3, -0.25) is 4.68 Å². The molecule has 0 unspecified atom stereocenters. The summed E-state index contributed by atoms with van der Waals surface area (Å²) in [5, 5.41) is 4.81. The van der Waals surface area contributed by atoms with E-state index in [0.29, 0.717) is 6.54 Å². The zero-order valence-electron chi connectivity index (χ0n) is 12.4. The molecule has 0 spiro atoms. The van der Waals surface area contributed by atoms with Gasteiger partial charge in [0, 0.05) is 24.2 Å². The molecule has 2 aromatic rings. The van der Waals surface area contributed by atoms with Crippen molar-refractivity contribution in [1.82, 2.24) is 9.78 Å². The molecule has 3 rings (SSSR count). The number of aryl methyl sites for hydroxylation is 3. The predicted molar refractivity (Wildman–Crippen MR) is 82.8 cm³/mol. The van der Waals surface area contributed by atoms with Gasteiger partial charge in [-0.2, -0.15) is 5.10 Å². The fraction of sp³-hybridized carbons (Fsp3) is 0.471. The van der Waals surface area contributed by atoms with Crippen LogP contribution in [-0.2, 0) is 19.4 Å². The lowest BCUT2D eigenvalue weighted by Gasteiger charge is -2.15. The van der Waals surface area contributed by atoms with Gasteiger partial charge in [-0.15, -0.1) is 0 Å². The molecule has 2 heterocycles. The molecule has 0 radical (unpaired) electrons. The Bertz CT molecular complexity index is 625. The first-order valence-electron chi connectivity index (χ1n) is 7.57. The summed E-state index contributed by atoms with van der Waals surface area (Å²) in [5.41, 5.74) is 13.7. The summed E-state index contributed by atoms with van der Waals surface area (Å²) in [6.07, 6.45) is 4.51. The van der Waals surface area contributed by atoms with Crippen LogP contribution in [0.25, 0.3) is 11.1 Å². The normalized spacial score (nSPS) is 14.3. The quantitative estimate of drug-likeness (QED) is 0.931. The number of fused-ring (bicyclic) bond motifs is 1. The van der Waals surface area contributed by atoms with E-state index in [1.807, 2.05) is 0 Å². The summed E-state index contributed by atoms with van der Waals surface area (Å²) in [6, 6.07) is 6.74. The van der Waals surface area contributed by atoms with Crippen LogP contribution in [0.5, 0.6) is 0 Å². The molecule has 0 saturated carbocycles. The molecule has 1 aromatic carbocycles. The van der Waals surface area contributed by atoms with Gasteiger partial charge in [-0.25, -0.2) is 0 Å². The Morgan fingerprint density at radius 3 is 2.80 bits per heavy atom. The number of hydrogen-bond donors (Lipinski definition) is 1. The van der Waals surface area contributed by atoms with E-state index in [-0.39, 0.29) is 0 Å². The molecule has 0 aliphatic carbocycles. The van der Waals surface area contributed by atoms with Crippen LogP contribution < -0.4 is 5.73 Å². The molecule has 0 bridgehead atoms. The Balaban J connectivity index is 2.14. The summed E-state index contributed by atoms with van der Waals surface area (Å²) in [4.78, 5) is 0. The summed E-state index contributed by atoms with van der Waals surface area (Å²) in [6.45, 7) is 6.05. The molecule has 0 atom stereocenters. The summed E-state index contributed by atoms with van der Waals surface area (Å²) in [5.74, 6) is 0. The monoisotopic (exact) mass is 269 g/mol. The van der Waals surface area contributed by atoms with Crippen LogP contribution >= 0.6 is 0 Å². The van der Waals surface area contributed by atoms with E-state index in [2.05, 4.69) is 36.7 Å². The summed E-state index contributed by atoms with van der Waals surface area (Å²) in [7, 11) is 0. The zero-order chi connectivity index (χ0) is 14.1. The van der Waals surface area contributed by atoms with Crippen molar-refractivity contribution in [3.63, 3.8) is 0 Å².